The van der Waals surface area contributed by atoms with Crippen molar-refractivity contribution < 1.29 is 4.79 Å². The van der Waals surface area contributed by atoms with Crippen LogP contribution in [0, 0.1) is 20.8 Å². The van der Waals surface area contributed by atoms with Crippen LogP contribution in [0.25, 0.3) is 0 Å². The molecule has 0 spiro atoms. The maximum absolute atomic E-state index is 12.1. The summed E-state index contributed by atoms with van der Waals surface area (Å²) in [5.74, 6) is 1.09. The van der Waals surface area contributed by atoms with Gasteiger partial charge in [-0.3, -0.25) is 9.89 Å². The Hall–Kier alpha value is -1.82. The molecule has 0 aliphatic carbocycles. The second kappa shape index (κ2) is 6.76. The number of aromatic amines is 1. The molecule has 1 aromatic heterocycles. The third-order valence-corrected chi connectivity index (χ3v) is 3.97. The largest absolute Gasteiger partial charge is 0.325 e. The number of carbonyl (C=O) groups is 1. The summed E-state index contributed by atoms with van der Waals surface area (Å²) >= 11 is 1.33. The van der Waals surface area contributed by atoms with E-state index in [1.807, 2.05) is 20.8 Å². The number of nitrogens with one attached hydrogen (secondary N) is 2. The van der Waals surface area contributed by atoms with Crippen molar-refractivity contribution in [3.05, 3.63) is 34.6 Å². The van der Waals surface area contributed by atoms with Gasteiger partial charge in [0.1, 0.15) is 5.82 Å². The van der Waals surface area contributed by atoms with Crippen molar-refractivity contribution in [2.24, 2.45) is 0 Å². The highest BCUT2D eigenvalue weighted by Gasteiger charge is 2.10. The number of benzene rings is 1. The van der Waals surface area contributed by atoms with Crippen molar-refractivity contribution in [1.82, 2.24) is 15.2 Å². The average Bonchev–Trinajstić information content (AvgIpc) is 2.88. The minimum atomic E-state index is -0.0436. The van der Waals surface area contributed by atoms with Gasteiger partial charge in [0.15, 0.2) is 0 Å². The molecule has 0 aliphatic heterocycles. The van der Waals surface area contributed by atoms with E-state index >= 15 is 0 Å². The predicted molar refractivity (Wildman–Crippen MR) is 85.8 cm³/mol. The maximum Gasteiger partial charge on any atom is 0.234 e. The smallest absolute Gasteiger partial charge is 0.234 e. The number of thioether (sulfide) groups is 1. The van der Waals surface area contributed by atoms with E-state index in [0.717, 1.165) is 29.1 Å². The van der Waals surface area contributed by atoms with Crippen LogP contribution >= 0.6 is 11.8 Å². The Morgan fingerprint density at radius 3 is 2.52 bits per heavy atom. The molecule has 0 aliphatic rings. The SMILES string of the molecule is CCc1nc(SCC(=O)Nc2c(C)cc(C)cc2C)n[nH]1. The number of nitrogens with zero attached hydrogens (tertiary/aromatic N) is 2. The molecule has 0 atom stereocenters. The van der Waals surface area contributed by atoms with Crippen LogP contribution in [-0.4, -0.2) is 26.8 Å². The van der Waals surface area contributed by atoms with E-state index in [0.29, 0.717) is 10.9 Å². The number of aryl methyl sites for hydroxylation is 4. The Morgan fingerprint density at radius 2 is 1.95 bits per heavy atom. The van der Waals surface area contributed by atoms with Gasteiger partial charge in [0, 0.05) is 12.1 Å². The molecule has 0 unspecified atom stereocenters. The van der Waals surface area contributed by atoms with Crippen LogP contribution in [-0.2, 0) is 11.2 Å². The van der Waals surface area contributed by atoms with Crippen LogP contribution in [0.4, 0.5) is 5.69 Å². The predicted octanol–water partition coefficient (Wildman–Crippen LogP) is 3.02. The first kappa shape index (κ1) is 15.6. The molecule has 0 saturated heterocycles. The van der Waals surface area contributed by atoms with Gasteiger partial charge in [0.25, 0.3) is 0 Å². The lowest BCUT2D eigenvalue weighted by Gasteiger charge is -2.12. The summed E-state index contributed by atoms with van der Waals surface area (Å²) in [5, 5.41) is 10.5. The van der Waals surface area contributed by atoms with Gasteiger partial charge in [-0.1, -0.05) is 36.4 Å². The van der Waals surface area contributed by atoms with Gasteiger partial charge in [-0.05, 0) is 31.9 Å². The minimum Gasteiger partial charge on any atom is -0.325 e. The molecule has 6 heteroatoms. The standard InChI is InChI=1S/C15H20N4OS/c1-5-12-16-15(19-18-12)21-8-13(20)17-14-10(3)6-9(2)7-11(14)4/h6-7H,5,8H2,1-4H3,(H,17,20)(H,16,18,19). The number of anilines is 1. The Labute approximate surface area is 128 Å². The second-order valence-corrected chi connectivity index (χ2v) is 5.97. The molecule has 0 bridgehead atoms. The van der Waals surface area contributed by atoms with E-state index in [9.17, 15) is 4.79 Å². The third-order valence-electron chi connectivity index (χ3n) is 3.12. The normalized spacial score (nSPS) is 10.7. The molecule has 112 valence electrons. The summed E-state index contributed by atoms with van der Waals surface area (Å²) < 4.78 is 0. The van der Waals surface area contributed by atoms with Crippen molar-refractivity contribution in [1.29, 1.82) is 0 Å². The summed E-state index contributed by atoms with van der Waals surface area (Å²) in [5.41, 5.74) is 4.26. The highest BCUT2D eigenvalue weighted by Crippen LogP contribution is 2.22. The number of amides is 1. The Morgan fingerprint density at radius 1 is 1.29 bits per heavy atom. The van der Waals surface area contributed by atoms with Crippen LogP contribution in [0.5, 0.6) is 0 Å². The van der Waals surface area contributed by atoms with Crippen molar-refractivity contribution in [2.75, 3.05) is 11.1 Å². The Bertz CT molecular complexity index is 628. The fourth-order valence-electron chi connectivity index (χ4n) is 2.18. The molecule has 0 radical (unpaired) electrons. The van der Waals surface area contributed by atoms with Crippen molar-refractivity contribution >= 4 is 23.4 Å². The zero-order chi connectivity index (χ0) is 15.4. The molecule has 5 nitrogen and oxygen atoms in total. The van der Waals surface area contributed by atoms with E-state index in [2.05, 4.69) is 39.6 Å². The van der Waals surface area contributed by atoms with Crippen LogP contribution in [0.3, 0.4) is 0 Å². The van der Waals surface area contributed by atoms with E-state index < -0.39 is 0 Å². The van der Waals surface area contributed by atoms with Gasteiger partial charge in [0.2, 0.25) is 11.1 Å². The number of rotatable bonds is 5. The van der Waals surface area contributed by atoms with E-state index in [1.54, 1.807) is 0 Å². The van der Waals surface area contributed by atoms with E-state index in [-0.39, 0.29) is 5.91 Å². The Kier molecular flexibility index (Phi) is 5.01. The highest BCUT2D eigenvalue weighted by atomic mass is 32.2. The van der Waals surface area contributed by atoms with Crippen LogP contribution < -0.4 is 5.32 Å². The first-order chi connectivity index (χ1) is 9.99. The molecule has 0 fully saturated rings. The van der Waals surface area contributed by atoms with Crippen LogP contribution in [0.15, 0.2) is 17.3 Å². The van der Waals surface area contributed by atoms with E-state index in [4.69, 9.17) is 0 Å². The zero-order valence-corrected chi connectivity index (χ0v) is 13.6. The molecule has 1 heterocycles. The summed E-state index contributed by atoms with van der Waals surface area (Å²) in [6, 6.07) is 4.14. The van der Waals surface area contributed by atoms with Crippen molar-refractivity contribution in [3.8, 4) is 0 Å². The maximum atomic E-state index is 12.1. The molecule has 21 heavy (non-hydrogen) atoms. The summed E-state index contributed by atoms with van der Waals surface area (Å²) in [4.78, 5) is 16.3. The molecule has 1 aromatic carbocycles. The molecule has 0 saturated carbocycles. The molecule has 2 rings (SSSR count). The molecule has 2 aromatic rings. The van der Waals surface area contributed by atoms with Crippen molar-refractivity contribution in [2.45, 2.75) is 39.3 Å². The fourth-order valence-corrected chi connectivity index (χ4v) is 2.80. The lowest BCUT2D eigenvalue weighted by Crippen LogP contribution is -2.16. The Balaban J connectivity index is 1.96. The topological polar surface area (TPSA) is 70.7 Å². The first-order valence-corrected chi connectivity index (χ1v) is 7.90. The summed E-state index contributed by atoms with van der Waals surface area (Å²) in [6.45, 7) is 8.07. The molecule has 1 amide bonds. The van der Waals surface area contributed by atoms with Gasteiger partial charge in [-0.25, -0.2) is 4.98 Å². The number of hydrogen-bond acceptors (Lipinski definition) is 4. The third kappa shape index (κ3) is 4.07. The zero-order valence-electron chi connectivity index (χ0n) is 12.8. The molecular formula is C15H20N4OS. The lowest BCUT2D eigenvalue weighted by atomic mass is 10.1. The number of carbonyl (C=O) groups excluding carboxylic acids is 1. The van der Waals surface area contributed by atoms with Crippen LogP contribution in [0.2, 0.25) is 0 Å². The van der Waals surface area contributed by atoms with E-state index in [1.165, 1.54) is 17.3 Å². The molecular weight excluding hydrogens is 284 g/mol. The number of hydrogen-bond donors (Lipinski definition) is 2. The van der Waals surface area contributed by atoms with Gasteiger partial charge in [0.05, 0.1) is 5.75 Å². The molecule has 2 N–H and O–H groups in total. The van der Waals surface area contributed by atoms with Crippen LogP contribution in [0.1, 0.15) is 29.4 Å². The van der Waals surface area contributed by atoms with Gasteiger partial charge < -0.3 is 5.32 Å². The number of H-pyrrole nitrogens is 1. The quantitative estimate of drug-likeness (QED) is 0.833. The lowest BCUT2D eigenvalue weighted by molar-refractivity contribution is -0.113. The highest BCUT2D eigenvalue weighted by molar-refractivity contribution is 7.99. The summed E-state index contributed by atoms with van der Waals surface area (Å²) in [6.07, 6.45) is 0.807. The monoisotopic (exact) mass is 304 g/mol. The van der Waals surface area contributed by atoms with Crippen molar-refractivity contribution in [3.63, 3.8) is 0 Å². The first-order valence-electron chi connectivity index (χ1n) is 6.91. The van der Waals surface area contributed by atoms with Gasteiger partial charge >= 0.3 is 0 Å². The summed E-state index contributed by atoms with van der Waals surface area (Å²) in [7, 11) is 0. The average molecular weight is 304 g/mol. The second-order valence-electron chi connectivity index (χ2n) is 5.03. The number of aromatic nitrogens is 3. The van der Waals surface area contributed by atoms with Gasteiger partial charge in [-0.2, -0.15) is 0 Å². The fraction of sp³-hybridized carbons (Fsp3) is 0.400. The van der Waals surface area contributed by atoms with Gasteiger partial charge in [-0.15, -0.1) is 5.10 Å². The minimum absolute atomic E-state index is 0.0436.